The first-order valence-electron chi connectivity index (χ1n) is 6.84. The third-order valence-corrected chi connectivity index (χ3v) is 3.21. The Morgan fingerprint density at radius 1 is 1.26 bits per heavy atom. The molecule has 19 heavy (non-hydrogen) atoms. The summed E-state index contributed by atoms with van der Waals surface area (Å²) in [6.07, 6.45) is 0.804. The number of para-hydroxylation sites is 1. The topological polar surface area (TPSA) is 49.8 Å². The number of aromatic carboxylic acids is 1. The largest absolute Gasteiger partial charge is 0.493 e. The van der Waals surface area contributed by atoms with Crippen LogP contribution in [0.1, 0.15) is 36.7 Å². The molecule has 1 aromatic rings. The van der Waals surface area contributed by atoms with Crippen LogP contribution in [0.15, 0.2) is 18.2 Å². The van der Waals surface area contributed by atoms with Crippen LogP contribution in [-0.4, -0.2) is 42.2 Å². The summed E-state index contributed by atoms with van der Waals surface area (Å²) in [5.74, 6) is -0.419. The normalized spacial score (nSPS) is 10.7. The van der Waals surface area contributed by atoms with Crippen molar-refractivity contribution >= 4 is 5.97 Å². The Morgan fingerprint density at radius 2 is 1.95 bits per heavy atom. The van der Waals surface area contributed by atoms with Crippen LogP contribution in [0, 0.1) is 0 Å². The Balaban J connectivity index is 2.92. The first-order valence-corrected chi connectivity index (χ1v) is 6.84. The fourth-order valence-corrected chi connectivity index (χ4v) is 2.08. The predicted molar refractivity (Wildman–Crippen MR) is 76.1 cm³/mol. The molecule has 0 bridgehead atoms. The monoisotopic (exact) mass is 265 g/mol. The minimum atomic E-state index is -0.937. The SMILES string of the molecule is CCOc1c(CCN(CC)CC)cccc1C(=O)O. The quantitative estimate of drug-likeness (QED) is 0.785. The Bertz CT molecular complexity index is 414. The number of hydrogen-bond acceptors (Lipinski definition) is 3. The molecule has 0 radical (unpaired) electrons. The number of rotatable bonds is 8. The van der Waals surface area contributed by atoms with E-state index in [1.807, 2.05) is 13.0 Å². The van der Waals surface area contributed by atoms with Crippen molar-refractivity contribution in [3.63, 3.8) is 0 Å². The van der Waals surface area contributed by atoms with Crippen LogP contribution < -0.4 is 4.74 Å². The van der Waals surface area contributed by atoms with E-state index in [-0.39, 0.29) is 5.56 Å². The van der Waals surface area contributed by atoms with Crippen LogP contribution in [0.2, 0.25) is 0 Å². The van der Waals surface area contributed by atoms with Crippen molar-refractivity contribution in [1.29, 1.82) is 0 Å². The molecular formula is C15H23NO3. The summed E-state index contributed by atoms with van der Waals surface area (Å²) < 4.78 is 5.53. The standard InChI is InChI=1S/C15H23NO3/c1-4-16(5-2)11-10-12-8-7-9-13(15(17)18)14(12)19-6-3/h7-9H,4-6,10-11H2,1-3H3,(H,17,18). The number of carbonyl (C=O) groups is 1. The maximum Gasteiger partial charge on any atom is 0.339 e. The van der Waals surface area contributed by atoms with Crippen molar-refractivity contribution in [2.45, 2.75) is 27.2 Å². The average molecular weight is 265 g/mol. The third kappa shape index (κ3) is 4.24. The summed E-state index contributed by atoms with van der Waals surface area (Å²) in [5, 5.41) is 9.20. The van der Waals surface area contributed by atoms with Gasteiger partial charge in [0.25, 0.3) is 0 Å². The number of nitrogens with zero attached hydrogens (tertiary/aromatic N) is 1. The second kappa shape index (κ2) is 7.79. The zero-order chi connectivity index (χ0) is 14.3. The number of likely N-dealkylation sites (N-methyl/N-ethyl adjacent to an activating group) is 1. The summed E-state index contributed by atoms with van der Waals surface area (Å²) in [7, 11) is 0. The molecule has 0 saturated carbocycles. The highest BCUT2D eigenvalue weighted by atomic mass is 16.5. The first kappa shape index (κ1) is 15.5. The number of carboxylic acids is 1. The maximum atomic E-state index is 11.2. The lowest BCUT2D eigenvalue weighted by molar-refractivity contribution is 0.0692. The van der Waals surface area contributed by atoms with Crippen LogP contribution in [-0.2, 0) is 6.42 Å². The fraction of sp³-hybridized carbons (Fsp3) is 0.533. The second-order valence-electron chi connectivity index (χ2n) is 4.31. The molecule has 0 spiro atoms. The molecule has 1 N–H and O–H groups in total. The van der Waals surface area contributed by atoms with Gasteiger partial charge < -0.3 is 14.7 Å². The second-order valence-corrected chi connectivity index (χ2v) is 4.31. The Hall–Kier alpha value is -1.55. The van der Waals surface area contributed by atoms with Crippen LogP contribution >= 0.6 is 0 Å². The van der Waals surface area contributed by atoms with Gasteiger partial charge in [-0.25, -0.2) is 4.79 Å². The smallest absolute Gasteiger partial charge is 0.339 e. The van der Waals surface area contributed by atoms with Gasteiger partial charge in [0.05, 0.1) is 6.61 Å². The molecule has 106 valence electrons. The van der Waals surface area contributed by atoms with E-state index < -0.39 is 5.97 Å². The van der Waals surface area contributed by atoms with E-state index in [2.05, 4.69) is 18.7 Å². The molecule has 0 fully saturated rings. The van der Waals surface area contributed by atoms with Gasteiger partial charge in [-0.05, 0) is 38.1 Å². The highest BCUT2D eigenvalue weighted by molar-refractivity contribution is 5.91. The minimum absolute atomic E-state index is 0.249. The molecule has 0 saturated heterocycles. The van der Waals surface area contributed by atoms with Gasteiger partial charge in [0.1, 0.15) is 11.3 Å². The first-order chi connectivity index (χ1) is 9.13. The lowest BCUT2D eigenvalue weighted by Gasteiger charge is -2.19. The minimum Gasteiger partial charge on any atom is -0.493 e. The van der Waals surface area contributed by atoms with Gasteiger partial charge in [-0.2, -0.15) is 0 Å². The van der Waals surface area contributed by atoms with E-state index in [0.29, 0.717) is 12.4 Å². The zero-order valence-corrected chi connectivity index (χ0v) is 12.0. The highest BCUT2D eigenvalue weighted by Gasteiger charge is 2.15. The maximum absolute atomic E-state index is 11.2. The van der Waals surface area contributed by atoms with E-state index in [1.54, 1.807) is 12.1 Å². The molecule has 0 amide bonds. The van der Waals surface area contributed by atoms with Gasteiger partial charge in [-0.1, -0.05) is 26.0 Å². The van der Waals surface area contributed by atoms with Gasteiger partial charge in [-0.3, -0.25) is 0 Å². The number of carboxylic acid groups (broad SMARTS) is 1. The molecule has 0 atom stereocenters. The lowest BCUT2D eigenvalue weighted by atomic mass is 10.1. The molecule has 0 aliphatic heterocycles. The van der Waals surface area contributed by atoms with Gasteiger partial charge in [0, 0.05) is 6.54 Å². The fourth-order valence-electron chi connectivity index (χ4n) is 2.08. The predicted octanol–water partition coefficient (Wildman–Crippen LogP) is 2.67. The van der Waals surface area contributed by atoms with Gasteiger partial charge in [0.15, 0.2) is 0 Å². The lowest BCUT2D eigenvalue weighted by Crippen LogP contribution is -2.25. The molecular weight excluding hydrogens is 242 g/mol. The summed E-state index contributed by atoms with van der Waals surface area (Å²) >= 11 is 0. The molecule has 0 aliphatic rings. The van der Waals surface area contributed by atoms with E-state index in [9.17, 15) is 9.90 Å². The zero-order valence-electron chi connectivity index (χ0n) is 12.0. The van der Waals surface area contributed by atoms with E-state index >= 15 is 0 Å². The summed E-state index contributed by atoms with van der Waals surface area (Å²) in [4.78, 5) is 13.5. The van der Waals surface area contributed by atoms with Crippen molar-refractivity contribution < 1.29 is 14.6 Å². The summed E-state index contributed by atoms with van der Waals surface area (Å²) in [6.45, 7) is 9.50. The van der Waals surface area contributed by atoms with Crippen LogP contribution in [0.5, 0.6) is 5.75 Å². The Labute approximate surface area is 115 Å². The Kier molecular flexibility index (Phi) is 6.36. The van der Waals surface area contributed by atoms with Gasteiger partial charge >= 0.3 is 5.97 Å². The van der Waals surface area contributed by atoms with Crippen molar-refractivity contribution in [3.05, 3.63) is 29.3 Å². The summed E-state index contributed by atoms with van der Waals surface area (Å²) in [6, 6.07) is 5.32. The van der Waals surface area contributed by atoms with Crippen molar-refractivity contribution in [2.24, 2.45) is 0 Å². The number of ether oxygens (including phenoxy) is 1. The third-order valence-electron chi connectivity index (χ3n) is 3.21. The van der Waals surface area contributed by atoms with Crippen molar-refractivity contribution in [1.82, 2.24) is 4.90 Å². The molecule has 0 heterocycles. The number of hydrogen-bond donors (Lipinski definition) is 1. The molecule has 1 aromatic carbocycles. The van der Waals surface area contributed by atoms with Crippen LogP contribution in [0.3, 0.4) is 0 Å². The number of benzene rings is 1. The average Bonchev–Trinajstić information content (AvgIpc) is 2.41. The van der Waals surface area contributed by atoms with Gasteiger partial charge in [0.2, 0.25) is 0 Å². The molecule has 4 nitrogen and oxygen atoms in total. The molecule has 1 rings (SSSR count). The molecule has 0 aliphatic carbocycles. The van der Waals surface area contributed by atoms with Crippen molar-refractivity contribution in [2.75, 3.05) is 26.2 Å². The van der Waals surface area contributed by atoms with E-state index in [0.717, 1.165) is 31.6 Å². The van der Waals surface area contributed by atoms with Crippen molar-refractivity contribution in [3.8, 4) is 5.75 Å². The molecule has 0 aromatic heterocycles. The van der Waals surface area contributed by atoms with E-state index in [1.165, 1.54) is 0 Å². The molecule has 0 unspecified atom stereocenters. The summed E-state index contributed by atoms with van der Waals surface area (Å²) in [5.41, 5.74) is 1.22. The van der Waals surface area contributed by atoms with Crippen LogP contribution in [0.25, 0.3) is 0 Å². The van der Waals surface area contributed by atoms with Gasteiger partial charge in [-0.15, -0.1) is 0 Å². The Morgan fingerprint density at radius 3 is 2.47 bits per heavy atom. The highest BCUT2D eigenvalue weighted by Crippen LogP contribution is 2.25. The van der Waals surface area contributed by atoms with E-state index in [4.69, 9.17) is 4.74 Å². The van der Waals surface area contributed by atoms with Crippen LogP contribution in [0.4, 0.5) is 0 Å². The molecule has 4 heteroatoms.